The van der Waals surface area contributed by atoms with E-state index in [0.29, 0.717) is 6.04 Å². The predicted molar refractivity (Wildman–Crippen MR) is 85.6 cm³/mol. The van der Waals surface area contributed by atoms with Crippen molar-refractivity contribution in [1.82, 2.24) is 5.32 Å². The molecule has 1 heteroatoms. The summed E-state index contributed by atoms with van der Waals surface area (Å²) >= 11 is 0. The molecule has 0 aliphatic heterocycles. The van der Waals surface area contributed by atoms with Crippen molar-refractivity contribution >= 4 is 0 Å². The Morgan fingerprint density at radius 1 is 0.895 bits per heavy atom. The van der Waals surface area contributed by atoms with Gasteiger partial charge in [-0.25, -0.2) is 0 Å². The molecule has 1 aromatic carbocycles. The third-order valence-corrected chi connectivity index (χ3v) is 3.81. The van der Waals surface area contributed by atoms with Gasteiger partial charge in [0.05, 0.1) is 0 Å². The van der Waals surface area contributed by atoms with E-state index in [-0.39, 0.29) is 0 Å². The van der Waals surface area contributed by atoms with E-state index >= 15 is 0 Å². The summed E-state index contributed by atoms with van der Waals surface area (Å²) < 4.78 is 0. The average molecular weight is 261 g/mol. The zero-order valence-electron chi connectivity index (χ0n) is 13.0. The number of nitrogens with one attached hydrogen (secondary N) is 1. The molecule has 0 heterocycles. The Bertz CT molecular complexity index is 315. The van der Waals surface area contributed by atoms with Gasteiger partial charge in [-0.2, -0.15) is 0 Å². The van der Waals surface area contributed by atoms with E-state index < -0.39 is 0 Å². The molecule has 1 nitrogen and oxygen atoms in total. The molecule has 0 unspecified atom stereocenters. The number of rotatable bonds is 10. The molecule has 0 aliphatic carbocycles. The number of aryl methyl sites for hydroxylation is 1. The molecule has 1 atom stereocenters. The SMILES string of the molecule is CCCCCCCCCN[C@H](C)c1ccc(C)cc1. The standard InChI is InChI=1S/C18H31N/c1-4-5-6-7-8-9-10-15-19-17(3)18-13-11-16(2)12-14-18/h11-14,17,19H,4-10,15H2,1-3H3/t17-/m1/s1. The van der Waals surface area contributed by atoms with Gasteiger partial charge in [0.2, 0.25) is 0 Å². The van der Waals surface area contributed by atoms with E-state index in [4.69, 9.17) is 0 Å². The van der Waals surface area contributed by atoms with E-state index in [2.05, 4.69) is 50.4 Å². The van der Waals surface area contributed by atoms with Crippen LogP contribution in [0.3, 0.4) is 0 Å². The molecule has 108 valence electrons. The minimum Gasteiger partial charge on any atom is -0.310 e. The van der Waals surface area contributed by atoms with Gasteiger partial charge in [-0.1, -0.05) is 75.3 Å². The van der Waals surface area contributed by atoms with Gasteiger partial charge in [0.1, 0.15) is 0 Å². The van der Waals surface area contributed by atoms with Gasteiger partial charge in [0.15, 0.2) is 0 Å². The zero-order valence-corrected chi connectivity index (χ0v) is 13.0. The summed E-state index contributed by atoms with van der Waals surface area (Å²) in [5, 5.41) is 3.62. The quantitative estimate of drug-likeness (QED) is 0.556. The van der Waals surface area contributed by atoms with Gasteiger partial charge in [-0.15, -0.1) is 0 Å². The lowest BCUT2D eigenvalue weighted by molar-refractivity contribution is 0.524. The van der Waals surface area contributed by atoms with Crippen LogP contribution in [0.2, 0.25) is 0 Å². The smallest absolute Gasteiger partial charge is 0.0291 e. The van der Waals surface area contributed by atoms with Crippen LogP contribution >= 0.6 is 0 Å². The first-order chi connectivity index (χ1) is 9.24. The Hall–Kier alpha value is -0.820. The Kier molecular flexibility index (Phi) is 8.57. The predicted octanol–water partition coefficient (Wildman–Crippen LogP) is 5.40. The Morgan fingerprint density at radius 2 is 1.47 bits per heavy atom. The molecule has 0 aromatic heterocycles. The van der Waals surface area contributed by atoms with E-state index in [1.807, 2.05) is 0 Å². The second-order valence-electron chi connectivity index (χ2n) is 5.71. The second kappa shape index (κ2) is 10.0. The number of unbranched alkanes of at least 4 members (excludes halogenated alkanes) is 6. The van der Waals surface area contributed by atoms with Crippen molar-refractivity contribution in [2.45, 2.75) is 71.8 Å². The van der Waals surface area contributed by atoms with Gasteiger partial charge in [-0.3, -0.25) is 0 Å². The molecule has 0 saturated carbocycles. The summed E-state index contributed by atoms with van der Waals surface area (Å²) in [5.41, 5.74) is 2.73. The zero-order chi connectivity index (χ0) is 13.9. The summed E-state index contributed by atoms with van der Waals surface area (Å²) in [4.78, 5) is 0. The van der Waals surface area contributed by atoms with Gasteiger partial charge in [0, 0.05) is 6.04 Å². The number of benzene rings is 1. The Morgan fingerprint density at radius 3 is 2.11 bits per heavy atom. The van der Waals surface area contributed by atoms with Gasteiger partial charge >= 0.3 is 0 Å². The van der Waals surface area contributed by atoms with Gasteiger partial charge in [0.25, 0.3) is 0 Å². The minimum absolute atomic E-state index is 0.473. The fraction of sp³-hybridized carbons (Fsp3) is 0.667. The van der Waals surface area contributed by atoms with E-state index in [1.165, 1.54) is 56.1 Å². The van der Waals surface area contributed by atoms with Crippen molar-refractivity contribution < 1.29 is 0 Å². The molecular weight excluding hydrogens is 230 g/mol. The third kappa shape index (κ3) is 7.37. The first kappa shape index (κ1) is 16.2. The number of hydrogen-bond donors (Lipinski definition) is 1. The van der Waals surface area contributed by atoms with Gasteiger partial charge in [-0.05, 0) is 32.4 Å². The molecule has 0 saturated heterocycles. The van der Waals surface area contributed by atoms with Crippen molar-refractivity contribution in [3.63, 3.8) is 0 Å². The van der Waals surface area contributed by atoms with Crippen molar-refractivity contribution in [3.05, 3.63) is 35.4 Å². The molecule has 0 amide bonds. The molecule has 0 spiro atoms. The Balaban J connectivity index is 2.04. The molecule has 0 fully saturated rings. The lowest BCUT2D eigenvalue weighted by Gasteiger charge is -2.14. The third-order valence-electron chi connectivity index (χ3n) is 3.81. The largest absolute Gasteiger partial charge is 0.310 e. The van der Waals surface area contributed by atoms with Crippen LogP contribution in [0.4, 0.5) is 0 Å². The topological polar surface area (TPSA) is 12.0 Å². The maximum absolute atomic E-state index is 3.62. The van der Waals surface area contributed by atoms with Crippen molar-refractivity contribution in [1.29, 1.82) is 0 Å². The van der Waals surface area contributed by atoms with Crippen molar-refractivity contribution in [2.75, 3.05) is 6.54 Å². The first-order valence-electron chi connectivity index (χ1n) is 8.04. The van der Waals surface area contributed by atoms with Gasteiger partial charge < -0.3 is 5.32 Å². The average Bonchev–Trinajstić information content (AvgIpc) is 2.42. The summed E-state index contributed by atoms with van der Waals surface area (Å²) in [7, 11) is 0. The Labute approximate surface area is 119 Å². The highest BCUT2D eigenvalue weighted by Crippen LogP contribution is 2.13. The second-order valence-corrected chi connectivity index (χ2v) is 5.71. The molecule has 0 bridgehead atoms. The summed E-state index contributed by atoms with van der Waals surface area (Å²) in [6, 6.07) is 9.33. The van der Waals surface area contributed by atoms with E-state index in [1.54, 1.807) is 0 Å². The molecule has 0 aliphatic rings. The van der Waals surface area contributed by atoms with Crippen LogP contribution < -0.4 is 5.32 Å². The summed E-state index contributed by atoms with van der Waals surface area (Å²) in [5.74, 6) is 0. The highest BCUT2D eigenvalue weighted by molar-refractivity contribution is 5.23. The lowest BCUT2D eigenvalue weighted by Crippen LogP contribution is -2.19. The van der Waals surface area contributed by atoms with Crippen molar-refractivity contribution in [3.8, 4) is 0 Å². The highest BCUT2D eigenvalue weighted by atomic mass is 14.9. The van der Waals surface area contributed by atoms with E-state index in [0.717, 1.165) is 6.54 Å². The van der Waals surface area contributed by atoms with Crippen LogP contribution in [0.1, 0.15) is 76.0 Å². The molecular formula is C18H31N. The van der Waals surface area contributed by atoms with Crippen LogP contribution in [-0.4, -0.2) is 6.54 Å². The van der Waals surface area contributed by atoms with Crippen LogP contribution in [0.5, 0.6) is 0 Å². The molecule has 19 heavy (non-hydrogen) atoms. The fourth-order valence-corrected chi connectivity index (χ4v) is 2.37. The van der Waals surface area contributed by atoms with Crippen LogP contribution in [0.15, 0.2) is 24.3 Å². The molecule has 0 radical (unpaired) electrons. The maximum Gasteiger partial charge on any atom is 0.0291 e. The number of hydrogen-bond acceptors (Lipinski definition) is 1. The fourth-order valence-electron chi connectivity index (χ4n) is 2.37. The monoisotopic (exact) mass is 261 g/mol. The lowest BCUT2D eigenvalue weighted by atomic mass is 10.1. The molecule has 1 N–H and O–H groups in total. The van der Waals surface area contributed by atoms with Crippen LogP contribution in [0, 0.1) is 6.92 Å². The van der Waals surface area contributed by atoms with E-state index in [9.17, 15) is 0 Å². The first-order valence-corrected chi connectivity index (χ1v) is 8.04. The normalized spacial score (nSPS) is 12.6. The van der Waals surface area contributed by atoms with Crippen LogP contribution in [-0.2, 0) is 0 Å². The molecule has 1 aromatic rings. The molecule has 1 rings (SSSR count). The van der Waals surface area contributed by atoms with Crippen LogP contribution in [0.25, 0.3) is 0 Å². The van der Waals surface area contributed by atoms with Crippen molar-refractivity contribution in [2.24, 2.45) is 0 Å². The summed E-state index contributed by atoms with van der Waals surface area (Å²) in [6.07, 6.45) is 9.67. The highest BCUT2D eigenvalue weighted by Gasteiger charge is 2.03. The maximum atomic E-state index is 3.62. The minimum atomic E-state index is 0.473. The summed E-state index contributed by atoms with van der Waals surface area (Å²) in [6.45, 7) is 7.81.